The van der Waals surface area contributed by atoms with Crippen molar-refractivity contribution in [1.82, 2.24) is 16.2 Å². The fourth-order valence-electron chi connectivity index (χ4n) is 2.83. The zero-order valence-corrected chi connectivity index (χ0v) is 14.4. The molecule has 1 aliphatic heterocycles. The van der Waals surface area contributed by atoms with E-state index in [0.29, 0.717) is 12.1 Å². The van der Waals surface area contributed by atoms with Crippen LogP contribution in [0, 0.1) is 17.6 Å². The van der Waals surface area contributed by atoms with Gasteiger partial charge in [0, 0.05) is 18.7 Å². The minimum absolute atomic E-state index is 0.00774. The van der Waals surface area contributed by atoms with Crippen molar-refractivity contribution in [3.05, 3.63) is 71.3 Å². The quantitative estimate of drug-likeness (QED) is 0.669. The molecule has 0 saturated carbocycles. The van der Waals surface area contributed by atoms with Crippen LogP contribution in [0.5, 0.6) is 0 Å². The van der Waals surface area contributed by atoms with Gasteiger partial charge in [0.1, 0.15) is 11.6 Å². The topological polar surface area (TPSA) is 79.5 Å². The molecule has 0 radical (unpaired) electrons. The normalized spacial score (nSPS) is 18.9. The van der Waals surface area contributed by atoms with Crippen LogP contribution in [-0.2, 0) is 20.9 Å². The van der Waals surface area contributed by atoms with Gasteiger partial charge in [0.15, 0.2) is 6.61 Å². The monoisotopic (exact) mass is 375 g/mol. The molecule has 0 aromatic heterocycles. The van der Waals surface area contributed by atoms with Gasteiger partial charge < -0.3 is 10.1 Å². The molecule has 1 heterocycles. The lowest BCUT2D eigenvalue weighted by molar-refractivity contribution is -0.152. The van der Waals surface area contributed by atoms with E-state index in [4.69, 9.17) is 4.74 Å². The summed E-state index contributed by atoms with van der Waals surface area (Å²) in [5.74, 6) is -2.42. The van der Waals surface area contributed by atoms with Crippen molar-refractivity contribution in [1.29, 1.82) is 0 Å². The van der Waals surface area contributed by atoms with Crippen molar-refractivity contribution < 1.29 is 23.1 Å². The molecule has 0 spiro atoms. The van der Waals surface area contributed by atoms with Gasteiger partial charge in [-0.25, -0.2) is 14.2 Å². The molecule has 8 heteroatoms. The van der Waals surface area contributed by atoms with Crippen LogP contribution in [0.2, 0.25) is 0 Å². The molecule has 3 N–H and O–H groups in total. The van der Waals surface area contributed by atoms with Crippen LogP contribution < -0.4 is 16.2 Å². The number of benzene rings is 2. The zero-order valence-electron chi connectivity index (χ0n) is 14.4. The van der Waals surface area contributed by atoms with Gasteiger partial charge in [0.05, 0.1) is 12.0 Å². The van der Waals surface area contributed by atoms with Gasteiger partial charge >= 0.3 is 5.97 Å². The third kappa shape index (κ3) is 4.87. The number of amides is 1. The van der Waals surface area contributed by atoms with Crippen molar-refractivity contribution in [2.75, 3.05) is 13.2 Å². The summed E-state index contributed by atoms with van der Waals surface area (Å²) in [7, 11) is 0. The highest BCUT2D eigenvalue weighted by molar-refractivity contribution is 5.81. The molecule has 142 valence electrons. The Morgan fingerprint density at radius 3 is 2.59 bits per heavy atom. The van der Waals surface area contributed by atoms with E-state index in [1.54, 1.807) is 30.3 Å². The number of hydrazine groups is 1. The summed E-state index contributed by atoms with van der Waals surface area (Å²) in [6, 6.07) is 11.5. The zero-order chi connectivity index (χ0) is 19.2. The Labute approximate surface area is 154 Å². The van der Waals surface area contributed by atoms with E-state index in [0.717, 1.165) is 5.56 Å². The minimum Gasteiger partial charge on any atom is -0.455 e. The predicted octanol–water partition coefficient (Wildman–Crippen LogP) is 1.59. The standard InChI is InChI=1S/C19H19F2N3O3/c20-14-7-5-12(6-8-14)18-15(10-23-24-18)19(26)27-11-17(25)22-9-13-3-1-2-4-16(13)21/h1-8,15,18,23-24H,9-11H2,(H,22,25). The van der Waals surface area contributed by atoms with Crippen LogP contribution in [0.3, 0.4) is 0 Å². The smallest absolute Gasteiger partial charge is 0.312 e. The summed E-state index contributed by atoms with van der Waals surface area (Å²) in [4.78, 5) is 24.2. The Hall–Kier alpha value is -2.84. The van der Waals surface area contributed by atoms with Crippen LogP contribution in [0.25, 0.3) is 0 Å². The van der Waals surface area contributed by atoms with E-state index >= 15 is 0 Å². The second-order valence-corrected chi connectivity index (χ2v) is 6.14. The van der Waals surface area contributed by atoms with Gasteiger partial charge in [-0.1, -0.05) is 30.3 Å². The number of ether oxygens (including phenoxy) is 1. The lowest BCUT2D eigenvalue weighted by Crippen LogP contribution is -2.32. The molecule has 6 nitrogen and oxygen atoms in total. The number of carbonyl (C=O) groups excluding carboxylic acids is 2. The highest BCUT2D eigenvalue weighted by atomic mass is 19.1. The number of hydrogen-bond acceptors (Lipinski definition) is 5. The largest absolute Gasteiger partial charge is 0.455 e. The van der Waals surface area contributed by atoms with Crippen molar-refractivity contribution in [2.45, 2.75) is 12.6 Å². The molecule has 1 fully saturated rings. The molecule has 1 aliphatic rings. The molecule has 27 heavy (non-hydrogen) atoms. The average molecular weight is 375 g/mol. The Bertz CT molecular complexity index is 814. The molecule has 3 rings (SSSR count). The fraction of sp³-hybridized carbons (Fsp3) is 0.263. The summed E-state index contributed by atoms with van der Waals surface area (Å²) in [6.45, 7) is -0.133. The summed E-state index contributed by atoms with van der Waals surface area (Å²) >= 11 is 0. The molecule has 2 unspecified atom stereocenters. The van der Waals surface area contributed by atoms with Crippen molar-refractivity contribution >= 4 is 11.9 Å². The van der Waals surface area contributed by atoms with Gasteiger partial charge in [-0.05, 0) is 23.8 Å². The summed E-state index contributed by atoms with van der Waals surface area (Å²) < 4.78 is 31.7. The Morgan fingerprint density at radius 1 is 1.11 bits per heavy atom. The second kappa shape index (κ2) is 8.70. The summed E-state index contributed by atoms with van der Waals surface area (Å²) in [5, 5.41) is 2.51. The molecule has 0 bridgehead atoms. The van der Waals surface area contributed by atoms with Gasteiger partial charge in [-0.2, -0.15) is 0 Å². The number of hydrogen-bond donors (Lipinski definition) is 3. The minimum atomic E-state index is -0.560. The first kappa shape index (κ1) is 18.9. The number of halogens is 2. The Balaban J connectivity index is 1.50. The molecule has 1 saturated heterocycles. The van der Waals surface area contributed by atoms with Crippen LogP contribution >= 0.6 is 0 Å². The third-order valence-corrected chi connectivity index (χ3v) is 4.29. The maximum Gasteiger partial charge on any atom is 0.312 e. The lowest BCUT2D eigenvalue weighted by atomic mass is 9.95. The average Bonchev–Trinajstić information content (AvgIpc) is 3.16. The Morgan fingerprint density at radius 2 is 1.85 bits per heavy atom. The van der Waals surface area contributed by atoms with E-state index in [1.165, 1.54) is 18.2 Å². The van der Waals surface area contributed by atoms with Gasteiger partial charge in [-0.15, -0.1) is 0 Å². The Kier molecular flexibility index (Phi) is 6.10. The molecular formula is C19H19F2N3O3. The molecule has 1 amide bonds. The van der Waals surface area contributed by atoms with Gasteiger partial charge in [-0.3, -0.25) is 15.0 Å². The highest BCUT2D eigenvalue weighted by Gasteiger charge is 2.35. The number of esters is 1. The molecule has 2 aromatic rings. The second-order valence-electron chi connectivity index (χ2n) is 6.14. The number of nitrogens with one attached hydrogen (secondary N) is 3. The first-order chi connectivity index (χ1) is 13.0. The maximum absolute atomic E-state index is 13.5. The maximum atomic E-state index is 13.5. The molecule has 2 atom stereocenters. The van der Waals surface area contributed by atoms with Crippen molar-refractivity contribution in [2.24, 2.45) is 5.92 Å². The van der Waals surface area contributed by atoms with Crippen LogP contribution in [-0.4, -0.2) is 25.0 Å². The van der Waals surface area contributed by atoms with E-state index in [2.05, 4.69) is 16.2 Å². The summed E-state index contributed by atoms with van der Waals surface area (Å²) in [6.07, 6.45) is 0. The van der Waals surface area contributed by atoms with Crippen LogP contribution in [0.15, 0.2) is 48.5 Å². The predicted molar refractivity (Wildman–Crippen MR) is 93.0 cm³/mol. The number of carbonyl (C=O) groups is 2. The first-order valence-electron chi connectivity index (χ1n) is 8.45. The first-order valence-corrected chi connectivity index (χ1v) is 8.45. The SMILES string of the molecule is O=C(COC(=O)C1CNNC1c1ccc(F)cc1)NCc1ccccc1F. The number of rotatable bonds is 6. The highest BCUT2D eigenvalue weighted by Crippen LogP contribution is 2.26. The molecular weight excluding hydrogens is 356 g/mol. The van der Waals surface area contributed by atoms with Crippen molar-refractivity contribution in [3.8, 4) is 0 Å². The van der Waals surface area contributed by atoms with Gasteiger partial charge in [0.25, 0.3) is 5.91 Å². The van der Waals surface area contributed by atoms with Crippen LogP contribution in [0.1, 0.15) is 17.2 Å². The van der Waals surface area contributed by atoms with Crippen LogP contribution in [0.4, 0.5) is 8.78 Å². The summed E-state index contributed by atoms with van der Waals surface area (Å²) in [5.41, 5.74) is 6.89. The fourth-order valence-corrected chi connectivity index (χ4v) is 2.83. The van der Waals surface area contributed by atoms with E-state index in [9.17, 15) is 18.4 Å². The van der Waals surface area contributed by atoms with E-state index in [1.807, 2.05) is 0 Å². The molecule has 2 aromatic carbocycles. The lowest BCUT2D eigenvalue weighted by Gasteiger charge is -2.17. The van der Waals surface area contributed by atoms with Gasteiger partial charge in [0.2, 0.25) is 0 Å². The molecule has 0 aliphatic carbocycles. The van der Waals surface area contributed by atoms with E-state index in [-0.39, 0.29) is 18.4 Å². The third-order valence-electron chi connectivity index (χ3n) is 4.29. The van der Waals surface area contributed by atoms with E-state index < -0.39 is 30.2 Å². The van der Waals surface area contributed by atoms with Crippen molar-refractivity contribution in [3.63, 3.8) is 0 Å².